The van der Waals surface area contributed by atoms with Gasteiger partial charge in [0.1, 0.15) is 11.2 Å². The molecule has 1 aliphatic heterocycles. The highest BCUT2D eigenvalue weighted by Gasteiger charge is 2.31. The fourth-order valence-corrected chi connectivity index (χ4v) is 4.29. The minimum Gasteiger partial charge on any atom is -0.304 e. The maximum Gasteiger partial charge on any atom is 0.212 e. The first-order chi connectivity index (χ1) is 9.74. The summed E-state index contributed by atoms with van der Waals surface area (Å²) < 4.78 is 1.94. The maximum atomic E-state index is 6.62. The number of rotatable bonds is 1. The number of thioether (sulfide) groups is 1. The van der Waals surface area contributed by atoms with E-state index < -0.39 is 0 Å². The summed E-state index contributed by atoms with van der Waals surface area (Å²) in [4.78, 5) is 0. The standard InChI is InChI=1S/C14H13ClN4S/c1-8-16-17-14-19(8)18-13(20-14)11-7-6-9-4-2-3-5-10(9)12(11)15/h2-5,13,18H,6-7H2,1H3. The van der Waals surface area contributed by atoms with E-state index in [4.69, 9.17) is 11.6 Å². The van der Waals surface area contributed by atoms with Gasteiger partial charge in [0.25, 0.3) is 0 Å². The molecule has 0 bridgehead atoms. The van der Waals surface area contributed by atoms with Crippen molar-refractivity contribution in [2.75, 3.05) is 5.43 Å². The molecule has 6 heteroatoms. The Morgan fingerprint density at radius 2 is 2.15 bits per heavy atom. The Hall–Kier alpha value is -1.46. The normalized spacial score (nSPS) is 20.6. The van der Waals surface area contributed by atoms with Crippen molar-refractivity contribution in [3.63, 3.8) is 0 Å². The highest BCUT2D eigenvalue weighted by molar-refractivity contribution is 8.00. The van der Waals surface area contributed by atoms with Crippen molar-refractivity contribution in [1.29, 1.82) is 0 Å². The Kier molecular flexibility index (Phi) is 2.79. The van der Waals surface area contributed by atoms with Crippen LogP contribution in [0.25, 0.3) is 5.03 Å². The van der Waals surface area contributed by atoms with E-state index in [-0.39, 0.29) is 5.37 Å². The van der Waals surface area contributed by atoms with Gasteiger partial charge in [0.2, 0.25) is 5.16 Å². The molecule has 20 heavy (non-hydrogen) atoms. The Morgan fingerprint density at radius 1 is 1.30 bits per heavy atom. The first kappa shape index (κ1) is 12.3. The van der Waals surface area contributed by atoms with Gasteiger partial charge in [-0.05, 0) is 36.5 Å². The van der Waals surface area contributed by atoms with Gasteiger partial charge in [-0.15, -0.1) is 10.2 Å². The Morgan fingerprint density at radius 3 is 3.00 bits per heavy atom. The van der Waals surface area contributed by atoms with Crippen LogP contribution in [0.5, 0.6) is 0 Å². The number of halogens is 1. The minimum absolute atomic E-state index is 0.153. The van der Waals surface area contributed by atoms with Crippen LogP contribution in [-0.4, -0.2) is 20.2 Å². The summed E-state index contributed by atoms with van der Waals surface area (Å²) >= 11 is 8.30. The second-order valence-electron chi connectivity index (χ2n) is 4.99. The van der Waals surface area contributed by atoms with Gasteiger partial charge < -0.3 is 5.43 Å². The highest BCUT2D eigenvalue weighted by atomic mass is 35.5. The third-order valence-corrected chi connectivity index (χ3v) is 5.33. The highest BCUT2D eigenvalue weighted by Crippen LogP contribution is 2.41. The molecule has 0 spiro atoms. The van der Waals surface area contributed by atoms with Crippen molar-refractivity contribution >= 4 is 28.4 Å². The molecule has 1 atom stereocenters. The predicted octanol–water partition coefficient (Wildman–Crippen LogP) is 3.16. The van der Waals surface area contributed by atoms with E-state index in [1.54, 1.807) is 11.8 Å². The Bertz CT molecular complexity index is 722. The van der Waals surface area contributed by atoms with Crippen LogP contribution in [0.2, 0.25) is 0 Å². The van der Waals surface area contributed by atoms with Crippen LogP contribution in [0, 0.1) is 6.92 Å². The van der Waals surface area contributed by atoms with Gasteiger partial charge in [0.05, 0.1) is 5.03 Å². The largest absolute Gasteiger partial charge is 0.304 e. The van der Waals surface area contributed by atoms with Gasteiger partial charge in [-0.1, -0.05) is 47.6 Å². The van der Waals surface area contributed by atoms with Crippen LogP contribution in [0.15, 0.2) is 35.0 Å². The third kappa shape index (κ3) is 1.77. The summed E-state index contributed by atoms with van der Waals surface area (Å²) in [7, 11) is 0. The second-order valence-corrected chi connectivity index (χ2v) is 6.44. The molecule has 1 unspecified atom stereocenters. The van der Waals surface area contributed by atoms with Crippen molar-refractivity contribution in [3.05, 3.63) is 46.8 Å². The quantitative estimate of drug-likeness (QED) is 0.879. The van der Waals surface area contributed by atoms with Crippen LogP contribution in [0.3, 0.4) is 0 Å². The first-order valence-corrected chi connectivity index (χ1v) is 7.82. The average Bonchev–Trinajstić information content (AvgIpc) is 3.02. The monoisotopic (exact) mass is 304 g/mol. The first-order valence-electron chi connectivity index (χ1n) is 6.56. The number of benzene rings is 1. The lowest BCUT2D eigenvalue weighted by molar-refractivity contribution is 0.756. The second kappa shape index (κ2) is 4.53. The summed E-state index contributed by atoms with van der Waals surface area (Å²) in [6.45, 7) is 1.94. The van der Waals surface area contributed by atoms with Crippen LogP contribution < -0.4 is 5.43 Å². The molecule has 1 aromatic carbocycles. The molecule has 4 rings (SSSR count). The molecule has 0 fully saturated rings. The molecule has 0 amide bonds. The number of fused-ring (bicyclic) bond motifs is 2. The lowest BCUT2D eigenvalue weighted by atomic mass is 9.92. The summed E-state index contributed by atoms with van der Waals surface area (Å²) in [5, 5.41) is 10.2. The zero-order valence-corrected chi connectivity index (χ0v) is 12.5. The lowest BCUT2D eigenvalue weighted by Crippen LogP contribution is -2.24. The molecular formula is C14H13ClN4S. The van der Waals surface area contributed by atoms with Crippen molar-refractivity contribution in [1.82, 2.24) is 14.9 Å². The van der Waals surface area contributed by atoms with Crippen LogP contribution >= 0.6 is 23.4 Å². The number of nitrogens with one attached hydrogen (secondary N) is 1. The van der Waals surface area contributed by atoms with E-state index in [2.05, 4.69) is 33.8 Å². The van der Waals surface area contributed by atoms with Gasteiger partial charge in [-0.3, -0.25) is 0 Å². The number of hydrogen-bond acceptors (Lipinski definition) is 4. The SMILES string of the molecule is Cc1nnc2n1NC(C1=C(Cl)c3ccccc3CC1)S2. The number of aryl methyl sites for hydroxylation is 2. The summed E-state index contributed by atoms with van der Waals surface area (Å²) in [5.41, 5.74) is 7.17. The molecule has 2 aliphatic rings. The summed E-state index contributed by atoms with van der Waals surface area (Å²) in [5.74, 6) is 0.878. The van der Waals surface area contributed by atoms with Crippen LogP contribution in [0.1, 0.15) is 23.4 Å². The Labute approximate surface area is 126 Å². The molecule has 4 nitrogen and oxygen atoms in total. The fourth-order valence-electron chi connectivity index (χ4n) is 2.72. The van der Waals surface area contributed by atoms with E-state index in [1.807, 2.05) is 17.7 Å². The Balaban J connectivity index is 1.71. The lowest BCUT2D eigenvalue weighted by Gasteiger charge is -2.23. The molecule has 2 aromatic rings. The molecule has 0 saturated heterocycles. The van der Waals surface area contributed by atoms with Crippen LogP contribution in [-0.2, 0) is 6.42 Å². The van der Waals surface area contributed by atoms with Crippen molar-refractivity contribution in [2.24, 2.45) is 0 Å². The third-order valence-electron chi connectivity index (χ3n) is 3.78. The summed E-state index contributed by atoms with van der Waals surface area (Å²) in [6.07, 6.45) is 2.03. The van der Waals surface area contributed by atoms with E-state index in [9.17, 15) is 0 Å². The minimum atomic E-state index is 0.153. The van der Waals surface area contributed by atoms with Crippen LogP contribution in [0.4, 0.5) is 0 Å². The van der Waals surface area contributed by atoms with Crippen molar-refractivity contribution in [2.45, 2.75) is 30.3 Å². The number of nitrogens with zero attached hydrogens (tertiary/aromatic N) is 3. The van der Waals surface area contributed by atoms with Gasteiger partial charge in [-0.2, -0.15) is 0 Å². The van der Waals surface area contributed by atoms with Gasteiger partial charge in [0, 0.05) is 0 Å². The molecule has 102 valence electrons. The average molecular weight is 305 g/mol. The van der Waals surface area contributed by atoms with E-state index in [1.165, 1.54) is 11.1 Å². The zero-order chi connectivity index (χ0) is 13.7. The molecule has 1 N–H and O–H groups in total. The molecule has 0 saturated carbocycles. The van der Waals surface area contributed by atoms with Gasteiger partial charge in [-0.25, -0.2) is 4.68 Å². The molecule has 0 radical (unpaired) electrons. The topological polar surface area (TPSA) is 42.7 Å². The number of hydrogen-bond donors (Lipinski definition) is 1. The molecule has 1 aromatic heterocycles. The maximum absolute atomic E-state index is 6.62. The fraction of sp³-hybridized carbons (Fsp3) is 0.286. The molecule has 1 aliphatic carbocycles. The molecule has 2 heterocycles. The zero-order valence-electron chi connectivity index (χ0n) is 10.9. The molecular weight excluding hydrogens is 292 g/mol. The smallest absolute Gasteiger partial charge is 0.212 e. The van der Waals surface area contributed by atoms with E-state index in [0.717, 1.165) is 34.4 Å². The van der Waals surface area contributed by atoms with E-state index in [0.29, 0.717) is 0 Å². The van der Waals surface area contributed by atoms with E-state index >= 15 is 0 Å². The van der Waals surface area contributed by atoms with Gasteiger partial charge >= 0.3 is 0 Å². The van der Waals surface area contributed by atoms with Gasteiger partial charge in [0.15, 0.2) is 0 Å². The predicted molar refractivity (Wildman–Crippen MR) is 81.3 cm³/mol. The van der Waals surface area contributed by atoms with Crippen molar-refractivity contribution < 1.29 is 0 Å². The summed E-state index contributed by atoms with van der Waals surface area (Å²) in [6, 6.07) is 8.37. The van der Waals surface area contributed by atoms with Crippen molar-refractivity contribution in [3.8, 4) is 0 Å². The number of aromatic nitrogens is 3.